The fraction of sp³-hybridized carbons (Fsp3) is 0.250. The molecule has 2 aromatic carbocycles. The Bertz CT molecular complexity index is 830. The lowest BCUT2D eigenvalue weighted by Crippen LogP contribution is -2.04. The highest BCUT2D eigenvalue weighted by atomic mass is 35.5. The molecule has 0 amide bonds. The Kier molecular flexibility index (Phi) is 6.31. The van der Waals surface area contributed by atoms with E-state index in [1.54, 1.807) is 6.92 Å². The number of nitro benzene ring substituents is 1. The average Bonchev–Trinajstić information content (AvgIpc) is 2.56. The van der Waals surface area contributed by atoms with Crippen LogP contribution < -0.4 is 9.47 Å². The van der Waals surface area contributed by atoms with E-state index in [0.717, 1.165) is 18.2 Å². The van der Waals surface area contributed by atoms with E-state index < -0.39 is 16.7 Å². The number of benzene rings is 2. The molecule has 0 radical (unpaired) electrons. The van der Waals surface area contributed by atoms with Gasteiger partial charge in [-0.15, -0.1) is 0 Å². The third-order valence-electron chi connectivity index (χ3n) is 3.44. The van der Waals surface area contributed by atoms with E-state index in [2.05, 4.69) is 9.24 Å². The molecule has 0 aliphatic heterocycles. The van der Waals surface area contributed by atoms with Gasteiger partial charge in [0.2, 0.25) is 5.75 Å². The Morgan fingerprint density at radius 3 is 2.38 bits per heavy atom. The van der Waals surface area contributed by atoms with Crippen LogP contribution in [0.15, 0.2) is 30.3 Å². The van der Waals surface area contributed by atoms with E-state index >= 15 is 0 Å². The van der Waals surface area contributed by atoms with Crippen LogP contribution in [0.3, 0.4) is 0 Å². The van der Waals surface area contributed by atoms with Crippen LogP contribution in [0.25, 0.3) is 0 Å². The van der Waals surface area contributed by atoms with Gasteiger partial charge >= 0.3 is 11.9 Å². The maximum absolute atomic E-state index is 12.7. The molecular formula is C16H14ClF3NO4P. The van der Waals surface area contributed by atoms with Gasteiger partial charge < -0.3 is 9.47 Å². The minimum atomic E-state index is -4.52. The quantitative estimate of drug-likeness (QED) is 0.343. The smallest absolute Gasteiger partial charge is 0.416 e. The van der Waals surface area contributed by atoms with Gasteiger partial charge in [0.25, 0.3) is 0 Å². The number of nitro groups is 1. The van der Waals surface area contributed by atoms with Crippen molar-refractivity contribution in [3.63, 3.8) is 0 Å². The summed E-state index contributed by atoms with van der Waals surface area (Å²) in [5.74, 6) is 0.202. The molecule has 1 unspecified atom stereocenters. The number of nitrogens with zero attached hydrogens (tertiary/aromatic N) is 1. The van der Waals surface area contributed by atoms with Gasteiger partial charge in [-0.3, -0.25) is 10.1 Å². The standard InChI is InChI=1S/C16H14ClF3NO4P/c1-2-9-5-12(21(22)23)15(24-8-26)7-14(9)25-13-4-3-10(6-11(13)17)16(18,19)20/h3-7H,2,8,26H2,1H3. The lowest BCUT2D eigenvalue weighted by atomic mass is 10.1. The molecular weight excluding hydrogens is 394 g/mol. The normalized spacial score (nSPS) is 11.3. The van der Waals surface area contributed by atoms with E-state index in [-0.39, 0.29) is 34.3 Å². The molecule has 10 heteroatoms. The number of aryl methyl sites for hydroxylation is 1. The highest BCUT2D eigenvalue weighted by molar-refractivity contribution is 7.16. The largest absolute Gasteiger partial charge is 0.483 e. The molecule has 5 nitrogen and oxygen atoms in total. The van der Waals surface area contributed by atoms with Crippen LogP contribution >= 0.6 is 20.8 Å². The van der Waals surface area contributed by atoms with Crippen LogP contribution in [0.5, 0.6) is 17.2 Å². The first-order valence-corrected chi connectivity index (χ1v) is 8.55. The molecule has 0 saturated heterocycles. The summed E-state index contributed by atoms with van der Waals surface area (Å²) in [4.78, 5) is 10.6. The summed E-state index contributed by atoms with van der Waals surface area (Å²) < 4.78 is 49.0. The first-order valence-electron chi connectivity index (χ1n) is 7.36. The second kappa shape index (κ2) is 8.10. The number of halogens is 4. The van der Waals surface area contributed by atoms with Gasteiger partial charge in [0.05, 0.1) is 15.5 Å². The van der Waals surface area contributed by atoms with Crippen LogP contribution in [0.4, 0.5) is 18.9 Å². The monoisotopic (exact) mass is 407 g/mol. The minimum absolute atomic E-state index is 0.0000400. The molecule has 0 fully saturated rings. The molecule has 2 aromatic rings. The highest BCUT2D eigenvalue weighted by Crippen LogP contribution is 2.40. The number of alkyl halides is 3. The Balaban J connectivity index is 2.45. The van der Waals surface area contributed by atoms with E-state index in [9.17, 15) is 23.3 Å². The summed E-state index contributed by atoms with van der Waals surface area (Å²) in [6, 6.07) is 5.34. The molecule has 0 aliphatic rings. The first kappa shape index (κ1) is 20.3. The first-order chi connectivity index (χ1) is 12.2. The van der Waals surface area contributed by atoms with Gasteiger partial charge in [0.15, 0.2) is 0 Å². The SMILES string of the molecule is CCc1cc([N+](=O)[O-])c(OCP)cc1Oc1ccc(C(F)(F)F)cc1Cl. The zero-order valence-corrected chi connectivity index (χ0v) is 15.4. The number of ether oxygens (including phenoxy) is 2. The Labute approximate surface area is 154 Å². The van der Waals surface area contributed by atoms with Crippen molar-refractivity contribution in [3.05, 3.63) is 56.6 Å². The molecule has 1 atom stereocenters. The Morgan fingerprint density at radius 2 is 1.88 bits per heavy atom. The third-order valence-corrected chi connectivity index (χ3v) is 3.90. The number of hydrogen-bond acceptors (Lipinski definition) is 4. The predicted octanol–water partition coefficient (Wildman–Crippen LogP) is 5.83. The van der Waals surface area contributed by atoms with Crippen molar-refractivity contribution in [1.29, 1.82) is 0 Å². The van der Waals surface area contributed by atoms with Gasteiger partial charge in [-0.2, -0.15) is 13.2 Å². The number of rotatable bonds is 6. The summed E-state index contributed by atoms with van der Waals surface area (Å²) in [6.45, 7) is 1.76. The van der Waals surface area contributed by atoms with E-state index in [4.69, 9.17) is 21.1 Å². The maximum Gasteiger partial charge on any atom is 0.416 e. The molecule has 0 saturated carbocycles. The highest BCUT2D eigenvalue weighted by Gasteiger charge is 2.31. The molecule has 0 aromatic heterocycles. The Hall–Kier alpha value is -2.05. The Morgan fingerprint density at radius 1 is 1.19 bits per heavy atom. The van der Waals surface area contributed by atoms with Crippen molar-refractivity contribution in [2.75, 3.05) is 6.35 Å². The predicted molar refractivity (Wildman–Crippen MR) is 94.2 cm³/mol. The van der Waals surface area contributed by atoms with Crippen molar-refractivity contribution in [2.24, 2.45) is 0 Å². The van der Waals surface area contributed by atoms with Gasteiger partial charge in [0, 0.05) is 17.7 Å². The second-order valence-electron chi connectivity index (χ2n) is 5.09. The zero-order valence-electron chi connectivity index (χ0n) is 13.5. The summed E-state index contributed by atoms with van der Waals surface area (Å²) in [5.41, 5.74) is -0.639. The van der Waals surface area contributed by atoms with Crippen LogP contribution in [-0.2, 0) is 12.6 Å². The van der Waals surface area contributed by atoms with Gasteiger partial charge in [0.1, 0.15) is 17.8 Å². The van der Waals surface area contributed by atoms with Crippen molar-refractivity contribution >= 4 is 26.5 Å². The topological polar surface area (TPSA) is 61.6 Å². The van der Waals surface area contributed by atoms with Gasteiger partial charge in [-0.05, 0) is 24.6 Å². The molecule has 0 spiro atoms. The molecule has 140 valence electrons. The third kappa shape index (κ3) is 4.56. The average molecular weight is 408 g/mol. The van der Waals surface area contributed by atoms with E-state index in [1.807, 2.05) is 0 Å². The van der Waals surface area contributed by atoms with Crippen LogP contribution in [0, 0.1) is 10.1 Å². The van der Waals surface area contributed by atoms with E-state index in [0.29, 0.717) is 12.0 Å². The van der Waals surface area contributed by atoms with Crippen molar-refractivity contribution < 1.29 is 27.6 Å². The van der Waals surface area contributed by atoms with Crippen LogP contribution in [-0.4, -0.2) is 11.3 Å². The summed E-state index contributed by atoms with van der Waals surface area (Å²) in [5, 5.41) is 10.9. The number of hydrogen-bond donors (Lipinski definition) is 0. The van der Waals surface area contributed by atoms with Crippen molar-refractivity contribution in [2.45, 2.75) is 19.5 Å². The van der Waals surface area contributed by atoms with E-state index in [1.165, 1.54) is 12.1 Å². The molecule has 26 heavy (non-hydrogen) atoms. The lowest BCUT2D eigenvalue weighted by Gasteiger charge is -2.15. The van der Waals surface area contributed by atoms with Crippen molar-refractivity contribution in [3.8, 4) is 17.2 Å². The summed E-state index contributed by atoms with van der Waals surface area (Å²) in [7, 11) is 2.27. The second-order valence-corrected chi connectivity index (χ2v) is 5.83. The fourth-order valence-electron chi connectivity index (χ4n) is 2.19. The van der Waals surface area contributed by atoms with Crippen molar-refractivity contribution in [1.82, 2.24) is 0 Å². The lowest BCUT2D eigenvalue weighted by molar-refractivity contribution is -0.385. The summed E-state index contributed by atoms with van der Waals surface area (Å²) >= 11 is 5.90. The molecule has 0 heterocycles. The van der Waals surface area contributed by atoms with Crippen LogP contribution in [0.2, 0.25) is 5.02 Å². The minimum Gasteiger partial charge on any atom is -0.483 e. The molecule has 0 aliphatic carbocycles. The molecule has 0 N–H and O–H groups in total. The summed E-state index contributed by atoms with van der Waals surface area (Å²) in [6.07, 6.45) is -4.01. The van der Waals surface area contributed by atoms with Gasteiger partial charge in [-0.1, -0.05) is 27.8 Å². The zero-order chi connectivity index (χ0) is 19.5. The molecule has 0 bridgehead atoms. The van der Waals surface area contributed by atoms with Crippen LogP contribution in [0.1, 0.15) is 18.1 Å². The maximum atomic E-state index is 12.7. The fourth-order valence-corrected chi connectivity index (χ4v) is 2.59. The van der Waals surface area contributed by atoms with Gasteiger partial charge in [-0.25, -0.2) is 0 Å². The molecule has 2 rings (SSSR count).